The molecular formula is C16H13F3N2O2. The van der Waals surface area contributed by atoms with Crippen molar-refractivity contribution in [1.29, 1.82) is 0 Å². The fourth-order valence-corrected chi connectivity index (χ4v) is 2.31. The van der Waals surface area contributed by atoms with E-state index in [2.05, 4.69) is 4.98 Å². The smallest absolute Gasteiger partial charge is 0.407 e. The van der Waals surface area contributed by atoms with Crippen LogP contribution in [-0.4, -0.2) is 9.71 Å². The fraction of sp³-hybridized carbons (Fsp3) is 0.188. The highest BCUT2D eigenvalue weighted by molar-refractivity contribution is 5.81. The van der Waals surface area contributed by atoms with Crippen LogP contribution in [0.5, 0.6) is 0 Å². The van der Waals surface area contributed by atoms with Crippen LogP contribution < -0.4 is 10.4 Å². The van der Waals surface area contributed by atoms with Gasteiger partial charge in [0, 0.05) is 22.5 Å². The van der Waals surface area contributed by atoms with E-state index in [0.29, 0.717) is 0 Å². The van der Waals surface area contributed by atoms with E-state index < -0.39 is 23.4 Å². The Morgan fingerprint density at radius 1 is 1.17 bits per heavy atom. The second-order valence-electron chi connectivity index (χ2n) is 5.17. The zero-order chi connectivity index (χ0) is 16.6. The van der Waals surface area contributed by atoms with Gasteiger partial charge in [-0.3, -0.25) is 4.79 Å². The highest BCUT2D eigenvalue weighted by atomic mass is 19.4. The summed E-state index contributed by atoms with van der Waals surface area (Å²) in [6, 6.07) is 8.39. The Bertz CT molecular complexity index is 863. The Morgan fingerprint density at radius 3 is 2.35 bits per heavy atom. The fourth-order valence-electron chi connectivity index (χ4n) is 2.31. The maximum Gasteiger partial charge on any atom is 0.421 e. The van der Waals surface area contributed by atoms with Crippen molar-refractivity contribution in [3.63, 3.8) is 0 Å². The van der Waals surface area contributed by atoms with Gasteiger partial charge in [-0.2, -0.15) is 17.9 Å². The van der Waals surface area contributed by atoms with Crippen LogP contribution in [0.1, 0.15) is 24.2 Å². The van der Waals surface area contributed by atoms with Gasteiger partial charge in [-0.05, 0) is 13.0 Å². The Kier molecular flexibility index (Phi) is 3.63. The summed E-state index contributed by atoms with van der Waals surface area (Å²) in [5, 5.41) is 1.91. The summed E-state index contributed by atoms with van der Waals surface area (Å²) in [7, 11) is 0. The van der Waals surface area contributed by atoms with Crippen molar-refractivity contribution >= 4 is 10.8 Å². The SMILES string of the molecule is C[C@@H](On1cc2ccccc2c1)c1c[nH]c(=O)c(C(F)(F)F)c1. The van der Waals surface area contributed by atoms with E-state index in [0.717, 1.165) is 16.8 Å². The Morgan fingerprint density at radius 2 is 1.78 bits per heavy atom. The largest absolute Gasteiger partial charge is 0.421 e. The lowest BCUT2D eigenvalue weighted by molar-refractivity contribution is -0.138. The van der Waals surface area contributed by atoms with Crippen molar-refractivity contribution in [2.45, 2.75) is 19.2 Å². The maximum absolute atomic E-state index is 12.8. The molecule has 1 N–H and O–H groups in total. The number of rotatable bonds is 3. The molecule has 0 saturated heterocycles. The average Bonchev–Trinajstić information content (AvgIpc) is 2.88. The molecule has 3 rings (SSSR count). The third kappa shape index (κ3) is 3.08. The monoisotopic (exact) mass is 322 g/mol. The lowest BCUT2D eigenvalue weighted by Crippen LogP contribution is -2.23. The van der Waals surface area contributed by atoms with Crippen LogP contribution in [-0.2, 0) is 6.18 Å². The Balaban J connectivity index is 1.88. The van der Waals surface area contributed by atoms with E-state index in [1.165, 1.54) is 10.9 Å². The van der Waals surface area contributed by atoms with Crippen molar-refractivity contribution < 1.29 is 18.0 Å². The zero-order valence-electron chi connectivity index (χ0n) is 12.1. The molecule has 120 valence electrons. The maximum atomic E-state index is 12.8. The summed E-state index contributed by atoms with van der Waals surface area (Å²) >= 11 is 0. The number of H-pyrrole nitrogens is 1. The van der Waals surface area contributed by atoms with Crippen LogP contribution in [0, 0.1) is 0 Å². The number of aromatic nitrogens is 2. The van der Waals surface area contributed by atoms with Crippen LogP contribution in [0.15, 0.2) is 53.7 Å². The highest BCUT2D eigenvalue weighted by Gasteiger charge is 2.34. The zero-order valence-corrected chi connectivity index (χ0v) is 12.1. The topological polar surface area (TPSA) is 47.0 Å². The normalized spacial score (nSPS) is 13.2. The number of halogens is 3. The third-order valence-electron chi connectivity index (χ3n) is 3.51. The van der Waals surface area contributed by atoms with E-state index in [1.807, 2.05) is 24.3 Å². The molecule has 1 atom stereocenters. The number of pyridine rings is 1. The van der Waals surface area contributed by atoms with Gasteiger partial charge in [0.2, 0.25) is 0 Å². The molecule has 0 spiro atoms. The van der Waals surface area contributed by atoms with E-state index in [9.17, 15) is 18.0 Å². The first-order valence-corrected chi connectivity index (χ1v) is 6.88. The van der Waals surface area contributed by atoms with Crippen LogP contribution in [0.2, 0.25) is 0 Å². The predicted molar refractivity (Wildman–Crippen MR) is 79.0 cm³/mol. The summed E-state index contributed by atoms with van der Waals surface area (Å²) in [5.74, 6) is 0. The van der Waals surface area contributed by atoms with Gasteiger partial charge in [-0.25, -0.2) is 0 Å². The predicted octanol–water partition coefficient (Wildman–Crippen LogP) is 3.54. The van der Waals surface area contributed by atoms with Crippen LogP contribution in [0.4, 0.5) is 13.2 Å². The average molecular weight is 322 g/mol. The number of benzene rings is 1. The van der Waals surface area contributed by atoms with Gasteiger partial charge in [-0.15, -0.1) is 0 Å². The minimum atomic E-state index is -4.70. The number of alkyl halides is 3. The van der Waals surface area contributed by atoms with Crippen LogP contribution in [0.25, 0.3) is 10.8 Å². The third-order valence-corrected chi connectivity index (χ3v) is 3.51. The molecule has 0 amide bonds. The van der Waals surface area contributed by atoms with Crippen molar-refractivity contribution in [3.05, 3.63) is 70.4 Å². The molecule has 0 aliphatic carbocycles. The molecule has 4 nitrogen and oxygen atoms in total. The molecule has 0 saturated carbocycles. The van der Waals surface area contributed by atoms with Crippen molar-refractivity contribution in [1.82, 2.24) is 9.71 Å². The number of hydrogen-bond donors (Lipinski definition) is 1. The molecule has 0 unspecified atom stereocenters. The molecule has 0 fully saturated rings. The molecular weight excluding hydrogens is 309 g/mol. The van der Waals surface area contributed by atoms with E-state index in [1.54, 1.807) is 19.3 Å². The molecule has 3 aromatic rings. The Hall–Kier alpha value is -2.70. The summed E-state index contributed by atoms with van der Waals surface area (Å²) in [5.41, 5.74) is -2.17. The summed E-state index contributed by atoms with van der Waals surface area (Å²) < 4.78 is 39.8. The second kappa shape index (κ2) is 5.49. The highest BCUT2D eigenvalue weighted by Crippen LogP contribution is 2.28. The molecule has 2 heterocycles. The molecule has 0 aliphatic heterocycles. The molecule has 7 heteroatoms. The van der Waals surface area contributed by atoms with E-state index >= 15 is 0 Å². The van der Waals surface area contributed by atoms with Gasteiger partial charge >= 0.3 is 6.18 Å². The van der Waals surface area contributed by atoms with Gasteiger partial charge in [0.15, 0.2) is 0 Å². The van der Waals surface area contributed by atoms with Crippen LogP contribution in [0.3, 0.4) is 0 Å². The minimum Gasteiger partial charge on any atom is -0.407 e. The first-order chi connectivity index (χ1) is 10.8. The number of hydrogen-bond acceptors (Lipinski definition) is 2. The number of aromatic amines is 1. The van der Waals surface area contributed by atoms with Gasteiger partial charge < -0.3 is 9.82 Å². The molecule has 0 aliphatic rings. The first-order valence-electron chi connectivity index (χ1n) is 6.88. The van der Waals surface area contributed by atoms with Crippen molar-refractivity contribution in [2.75, 3.05) is 0 Å². The standard InChI is InChI=1S/C16H13F3N2O2/c1-10(13-6-14(16(17,18)19)15(22)20-7-13)23-21-8-11-4-2-3-5-12(11)9-21/h2-10H,1H3,(H,20,22)/t10-/m1/s1. The van der Waals surface area contributed by atoms with Crippen molar-refractivity contribution in [3.8, 4) is 0 Å². The lowest BCUT2D eigenvalue weighted by atomic mass is 10.1. The van der Waals surface area contributed by atoms with Gasteiger partial charge in [0.25, 0.3) is 5.56 Å². The summed E-state index contributed by atoms with van der Waals surface area (Å²) in [4.78, 5) is 19.0. The van der Waals surface area contributed by atoms with Gasteiger partial charge in [-0.1, -0.05) is 24.3 Å². The summed E-state index contributed by atoms with van der Waals surface area (Å²) in [6.45, 7) is 1.61. The number of nitrogens with zero attached hydrogens (tertiary/aromatic N) is 1. The van der Waals surface area contributed by atoms with Gasteiger partial charge in [0.1, 0.15) is 11.7 Å². The van der Waals surface area contributed by atoms with E-state index in [4.69, 9.17) is 4.84 Å². The van der Waals surface area contributed by atoms with Crippen molar-refractivity contribution in [2.24, 2.45) is 0 Å². The summed E-state index contributed by atoms with van der Waals surface area (Å²) in [6.07, 6.45) is -0.670. The quantitative estimate of drug-likeness (QED) is 0.802. The number of nitrogens with one attached hydrogen (secondary N) is 1. The molecule has 1 aromatic carbocycles. The molecule has 0 bridgehead atoms. The Labute approximate surface area is 129 Å². The minimum absolute atomic E-state index is 0.231. The van der Waals surface area contributed by atoms with E-state index in [-0.39, 0.29) is 5.56 Å². The lowest BCUT2D eigenvalue weighted by Gasteiger charge is -2.16. The molecule has 0 radical (unpaired) electrons. The molecule has 23 heavy (non-hydrogen) atoms. The van der Waals surface area contributed by atoms with Gasteiger partial charge in [0.05, 0.1) is 12.4 Å². The first kappa shape index (κ1) is 15.2. The molecule has 2 aromatic heterocycles. The second-order valence-corrected chi connectivity index (χ2v) is 5.17. The number of fused-ring (bicyclic) bond motifs is 1. The van der Waals surface area contributed by atoms with Crippen LogP contribution >= 0.6 is 0 Å².